The van der Waals surface area contributed by atoms with Crippen LogP contribution in [0.25, 0.3) is 0 Å². The summed E-state index contributed by atoms with van der Waals surface area (Å²) in [6.07, 6.45) is 5.23. The monoisotopic (exact) mass is 282 g/mol. The van der Waals surface area contributed by atoms with Gasteiger partial charge in [0, 0.05) is 11.6 Å². The summed E-state index contributed by atoms with van der Waals surface area (Å²) in [5, 5.41) is 3.91. The average molecular weight is 283 g/mol. The SMILES string of the molecule is CCCN1CCC(C(C)NC(C)(C)CC(C)(C)C)CC1. The minimum absolute atomic E-state index is 0.234. The van der Waals surface area contributed by atoms with Crippen molar-refractivity contribution in [1.29, 1.82) is 0 Å². The van der Waals surface area contributed by atoms with Crippen molar-refractivity contribution in [3.05, 3.63) is 0 Å². The van der Waals surface area contributed by atoms with E-state index in [4.69, 9.17) is 0 Å². The molecule has 0 amide bonds. The molecular weight excluding hydrogens is 244 g/mol. The van der Waals surface area contributed by atoms with E-state index in [9.17, 15) is 0 Å². The van der Waals surface area contributed by atoms with E-state index < -0.39 is 0 Å². The third-order valence-corrected chi connectivity index (χ3v) is 4.47. The van der Waals surface area contributed by atoms with Gasteiger partial charge in [-0.3, -0.25) is 0 Å². The number of nitrogens with one attached hydrogen (secondary N) is 1. The molecular formula is C18H38N2. The van der Waals surface area contributed by atoms with Crippen molar-refractivity contribution in [2.45, 2.75) is 85.7 Å². The Balaban J connectivity index is 2.41. The van der Waals surface area contributed by atoms with Gasteiger partial charge in [-0.1, -0.05) is 27.7 Å². The van der Waals surface area contributed by atoms with Gasteiger partial charge < -0.3 is 10.2 Å². The van der Waals surface area contributed by atoms with E-state index in [1.165, 1.54) is 45.3 Å². The number of nitrogens with zero attached hydrogens (tertiary/aromatic N) is 1. The molecule has 1 saturated heterocycles. The highest BCUT2D eigenvalue weighted by Gasteiger charge is 2.30. The van der Waals surface area contributed by atoms with Crippen LogP contribution in [0.15, 0.2) is 0 Å². The smallest absolute Gasteiger partial charge is 0.0132 e. The van der Waals surface area contributed by atoms with Gasteiger partial charge in [-0.15, -0.1) is 0 Å². The lowest BCUT2D eigenvalue weighted by atomic mass is 9.80. The highest BCUT2D eigenvalue weighted by Crippen LogP contribution is 2.29. The molecule has 0 bridgehead atoms. The molecule has 20 heavy (non-hydrogen) atoms. The molecule has 0 aliphatic carbocycles. The van der Waals surface area contributed by atoms with E-state index >= 15 is 0 Å². The lowest BCUT2D eigenvalue weighted by Crippen LogP contribution is -2.51. The summed E-state index contributed by atoms with van der Waals surface area (Å²) in [6, 6.07) is 0.635. The summed E-state index contributed by atoms with van der Waals surface area (Å²) in [6.45, 7) is 20.3. The van der Waals surface area contributed by atoms with Crippen LogP contribution in [0.3, 0.4) is 0 Å². The molecule has 0 spiro atoms. The molecule has 0 aromatic carbocycles. The first-order valence-electron chi connectivity index (χ1n) is 8.63. The molecule has 1 aliphatic heterocycles. The van der Waals surface area contributed by atoms with Gasteiger partial charge in [0.05, 0.1) is 0 Å². The molecule has 0 saturated carbocycles. The van der Waals surface area contributed by atoms with Crippen molar-refractivity contribution in [3.63, 3.8) is 0 Å². The minimum Gasteiger partial charge on any atom is -0.309 e. The van der Waals surface area contributed by atoms with Gasteiger partial charge in [0.2, 0.25) is 0 Å². The highest BCUT2D eigenvalue weighted by atomic mass is 15.1. The molecule has 1 aliphatic rings. The van der Waals surface area contributed by atoms with Crippen LogP contribution < -0.4 is 5.32 Å². The molecule has 0 aromatic heterocycles. The Kier molecular flexibility index (Phi) is 6.53. The Bertz CT molecular complexity index is 270. The van der Waals surface area contributed by atoms with E-state index in [1.54, 1.807) is 0 Å². The largest absolute Gasteiger partial charge is 0.309 e. The standard InChI is InChI=1S/C18H38N2/c1-8-11-20-12-9-16(10-13-20)15(2)19-18(6,7)14-17(3,4)5/h15-16,19H,8-14H2,1-7H3. The molecule has 120 valence electrons. The second-order valence-corrected chi connectivity index (χ2v) is 8.73. The van der Waals surface area contributed by atoms with Crippen LogP contribution in [0, 0.1) is 11.3 Å². The van der Waals surface area contributed by atoms with Gasteiger partial charge in [-0.2, -0.15) is 0 Å². The minimum atomic E-state index is 0.234. The zero-order valence-electron chi connectivity index (χ0n) is 15.1. The lowest BCUT2D eigenvalue weighted by molar-refractivity contribution is 0.139. The van der Waals surface area contributed by atoms with E-state index in [2.05, 4.69) is 58.7 Å². The summed E-state index contributed by atoms with van der Waals surface area (Å²) in [5.74, 6) is 0.849. The van der Waals surface area contributed by atoms with E-state index in [0.717, 1.165) is 5.92 Å². The van der Waals surface area contributed by atoms with Crippen LogP contribution in [0.5, 0.6) is 0 Å². The van der Waals surface area contributed by atoms with Gasteiger partial charge in [-0.25, -0.2) is 0 Å². The van der Waals surface area contributed by atoms with E-state index in [1.807, 2.05) is 0 Å². The summed E-state index contributed by atoms with van der Waals surface area (Å²) in [7, 11) is 0. The second-order valence-electron chi connectivity index (χ2n) is 8.73. The normalized spacial score (nSPS) is 21.1. The Labute approximate surface area is 127 Å². The fourth-order valence-corrected chi connectivity index (χ4v) is 4.10. The highest BCUT2D eigenvalue weighted by molar-refractivity contribution is 4.89. The molecule has 1 N–H and O–H groups in total. The van der Waals surface area contributed by atoms with Gasteiger partial charge in [0.25, 0.3) is 0 Å². The Hall–Kier alpha value is -0.0800. The van der Waals surface area contributed by atoms with Crippen LogP contribution in [-0.2, 0) is 0 Å². The summed E-state index contributed by atoms with van der Waals surface area (Å²) >= 11 is 0. The molecule has 1 fully saturated rings. The van der Waals surface area contributed by atoms with Crippen molar-refractivity contribution < 1.29 is 0 Å². The van der Waals surface area contributed by atoms with Gasteiger partial charge in [-0.05, 0) is 77.4 Å². The maximum atomic E-state index is 3.91. The average Bonchev–Trinajstić information content (AvgIpc) is 2.26. The third-order valence-electron chi connectivity index (χ3n) is 4.47. The van der Waals surface area contributed by atoms with E-state index in [-0.39, 0.29) is 5.54 Å². The Morgan fingerprint density at radius 2 is 1.65 bits per heavy atom. The fourth-order valence-electron chi connectivity index (χ4n) is 4.10. The van der Waals surface area contributed by atoms with Crippen molar-refractivity contribution in [3.8, 4) is 0 Å². The lowest BCUT2D eigenvalue weighted by Gasteiger charge is -2.41. The molecule has 1 rings (SSSR count). The van der Waals surface area contributed by atoms with Gasteiger partial charge >= 0.3 is 0 Å². The van der Waals surface area contributed by atoms with Crippen molar-refractivity contribution >= 4 is 0 Å². The molecule has 2 heteroatoms. The van der Waals surface area contributed by atoms with Crippen molar-refractivity contribution in [2.75, 3.05) is 19.6 Å². The van der Waals surface area contributed by atoms with Crippen molar-refractivity contribution in [1.82, 2.24) is 10.2 Å². The molecule has 2 nitrogen and oxygen atoms in total. The first kappa shape index (κ1) is 18.0. The van der Waals surface area contributed by atoms with Crippen LogP contribution in [-0.4, -0.2) is 36.1 Å². The van der Waals surface area contributed by atoms with Crippen LogP contribution in [0.1, 0.15) is 74.1 Å². The second kappa shape index (κ2) is 7.26. The quantitative estimate of drug-likeness (QED) is 0.781. The van der Waals surface area contributed by atoms with E-state index in [0.29, 0.717) is 11.5 Å². The summed E-state index contributed by atoms with van der Waals surface area (Å²) < 4.78 is 0. The van der Waals surface area contributed by atoms with Gasteiger partial charge in [0.1, 0.15) is 0 Å². The van der Waals surface area contributed by atoms with Crippen LogP contribution in [0.2, 0.25) is 0 Å². The predicted molar refractivity (Wildman–Crippen MR) is 90.2 cm³/mol. The maximum Gasteiger partial charge on any atom is 0.0132 e. The zero-order valence-corrected chi connectivity index (χ0v) is 15.1. The summed E-state index contributed by atoms with van der Waals surface area (Å²) in [4.78, 5) is 2.63. The third kappa shape index (κ3) is 6.58. The molecule has 0 aromatic rings. The number of hydrogen-bond acceptors (Lipinski definition) is 2. The fraction of sp³-hybridized carbons (Fsp3) is 1.00. The van der Waals surface area contributed by atoms with Gasteiger partial charge in [0.15, 0.2) is 0 Å². The zero-order chi connectivity index (χ0) is 15.4. The number of likely N-dealkylation sites (tertiary alicyclic amines) is 1. The molecule has 1 atom stereocenters. The number of rotatable bonds is 6. The number of hydrogen-bond donors (Lipinski definition) is 1. The number of piperidine rings is 1. The van der Waals surface area contributed by atoms with Crippen molar-refractivity contribution in [2.24, 2.45) is 11.3 Å². The first-order chi connectivity index (χ1) is 9.13. The molecule has 1 heterocycles. The Morgan fingerprint density at radius 1 is 1.10 bits per heavy atom. The molecule has 1 unspecified atom stereocenters. The van der Waals surface area contributed by atoms with Crippen LogP contribution >= 0.6 is 0 Å². The summed E-state index contributed by atoms with van der Waals surface area (Å²) in [5.41, 5.74) is 0.624. The Morgan fingerprint density at radius 3 is 2.10 bits per heavy atom. The first-order valence-corrected chi connectivity index (χ1v) is 8.63. The molecule has 0 radical (unpaired) electrons. The predicted octanol–water partition coefficient (Wildman–Crippen LogP) is 4.30. The topological polar surface area (TPSA) is 15.3 Å². The maximum absolute atomic E-state index is 3.91. The van der Waals surface area contributed by atoms with Crippen LogP contribution in [0.4, 0.5) is 0 Å².